The summed E-state index contributed by atoms with van der Waals surface area (Å²) in [4.78, 5) is 25.6. The van der Waals surface area contributed by atoms with Gasteiger partial charge in [0, 0.05) is 25.1 Å². The number of hydrogen-bond acceptors (Lipinski definition) is 4. The fourth-order valence-corrected chi connectivity index (χ4v) is 3.29. The largest absolute Gasteiger partial charge is 0.490 e. The van der Waals surface area contributed by atoms with Crippen molar-refractivity contribution in [3.05, 3.63) is 23.8 Å². The van der Waals surface area contributed by atoms with Crippen LogP contribution in [0.1, 0.15) is 62.7 Å². The van der Waals surface area contributed by atoms with E-state index in [1.54, 1.807) is 18.2 Å². The number of carbonyl (C=O) groups is 2. The van der Waals surface area contributed by atoms with Gasteiger partial charge in [-0.15, -0.1) is 0 Å². The van der Waals surface area contributed by atoms with Gasteiger partial charge in [0.2, 0.25) is 0 Å². The van der Waals surface area contributed by atoms with E-state index in [9.17, 15) is 9.59 Å². The van der Waals surface area contributed by atoms with Crippen LogP contribution in [0.4, 0.5) is 0 Å². The summed E-state index contributed by atoms with van der Waals surface area (Å²) < 4.78 is 11.5. The number of amides is 1. The second kappa shape index (κ2) is 10.8. The first-order valence-electron chi connectivity index (χ1n) is 9.95. The van der Waals surface area contributed by atoms with Gasteiger partial charge in [-0.1, -0.05) is 13.8 Å². The summed E-state index contributed by atoms with van der Waals surface area (Å²) in [6.07, 6.45) is 4.44. The third-order valence-electron chi connectivity index (χ3n) is 4.69. The first-order valence-corrected chi connectivity index (χ1v) is 9.95. The standard InChI is InChI=1S/C21H31NO5/c1-3-12-26-18-9-8-17(14-19(18)27-13-4-2)21(25)22-11-5-6-16(15-22)7-10-20(23)24/h8-9,14,16H,3-7,10-13,15H2,1-2H3,(H,23,24). The number of carboxylic acids is 1. The summed E-state index contributed by atoms with van der Waals surface area (Å²) in [7, 11) is 0. The van der Waals surface area contributed by atoms with Gasteiger partial charge >= 0.3 is 5.97 Å². The van der Waals surface area contributed by atoms with Crippen molar-refractivity contribution in [2.24, 2.45) is 5.92 Å². The van der Waals surface area contributed by atoms with Gasteiger partial charge in [0.05, 0.1) is 13.2 Å². The summed E-state index contributed by atoms with van der Waals surface area (Å²) in [5.41, 5.74) is 0.587. The van der Waals surface area contributed by atoms with Gasteiger partial charge in [-0.3, -0.25) is 9.59 Å². The molecule has 1 aromatic carbocycles. The number of benzene rings is 1. The van der Waals surface area contributed by atoms with Crippen LogP contribution < -0.4 is 9.47 Å². The smallest absolute Gasteiger partial charge is 0.303 e. The molecule has 150 valence electrons. The number of carboxylic acid groups (broad SMARTS) is 1. The normalized spacial score (nSPS) is 16.8. The van der Waals surface area contributed by atoms with E-state index in [0.29, 0.717) is 49.8 Å². The van der Waals surface area contributed by atoms with E-state index in [1.807, 2.05) is 18.7 Å². The van der Waals surface area contributed by atoms with Gasteiger partial charge in [0.1, 0.15) is 0 Å². The number of ether oxygens (including phenoxy) is 2. The molecule has 1 unspecified atom stereocenters. The van der Waals surface area contributed by atoms with Crippen molar-refractivity contribution in [3.8, 4) is 11.5 Å². The van der Waals surface area contributed by atoms with Crippen LogP contribution in [0.15, 0.2) is 18.2 Å². The number of aliphatic carboxylic acids is 1. The Morgan fingerprint density at radius 1 is 1.15 bits per heavy atom. The molecule has 0 radical (unpaired) electrons. The van der Waals surface area contributed by atoms with Crippen molar-refractivity contribution in [1.29, 1.82) is 0 Å². The zero-order chi connectivity index (χ0) is 19.6. The lowest BCUT2D eigenvalue weighted by molar-refractivity contribution is -0.137. The van der Waals surface area contributed by atoms with Crippen LogP contribution in [0, 0.1) is 5.92 Å². The molecule has 0 bridgehead atoms. The van der Waals surface area contributed by atoms with E-state index in [0.717, 1.165) is 25.7 Å². The van der Waals surface area contributed by atoms with Crippen LogP contribution in [0.2, 0.25) is 0 Å². The minimum Gasteiger partial charge on any atom is -0.490 e. The zero-order valence-corrected chi connectivity index (χ0v) is 16.4. The summed E-state index contributed by atoms with van der Waals surface area (Å²) in [6, 6.07) is 5.36. The van der Waals surface area contributed by atoms with Crippen LogP contribution in [0.3, 0.4) is 0 Å². The van der Waals surface area contributed by atoms with Crippen molar-refractivity contribution < 1.29 is 24.2 Å². The topological polar surface area (TPSA) is 76.1 Å². The van der Waals surface area contributed by atoms with Crippen LogP contribution in [0.5, 0.6) is 11.5 Å². The summed E-state index contributed by atoms with van der Waals surface area (Å²) >= 11 is 0. The molecule has 1 heterocycles. The van der Waals surface area contributed by atoms with Gasteiger partial charge in [0.15, 0.2) is 11.5 Å². The van der Waals surface area contributed by atoms with E-state index in [-0.39, 0.29) is 18.2 Å². The fourth-order valence-electron chi connectivity index (χ4n) is 3.29. The zero-order valence-electron chi connectivity index (χ0n) is 16.4. The fraction of sp³-hybridized carbons (Fsp3) is 0.619. The molecule has 1 N–H and O–H groups in total. The maximum atomic E-state index is 12.9. The highest BCUT2D eigenvalue weighted by molar-refractivity contribution is 5.95. The molecule has 1 aromatic rings. The molecule has 2 rings (SSSR count). The second-order valence-electron chi connectivity index (χ2n) is 7.05. The predicted octanol–water partition coefficient (Wildman–Crippen LogP) is 3.98. The number of hydrogen-bond donors (Lipinski definition) is 1. The number of piperidine rings is 1. The van der Waals surface area contributed by atoms with Gasteiger partial charge in [-0.05, 0) is 56.2 Å². The summed E-state index contributed by atoms with van der Waals surface area (Å²) in [5.74, 6) is 0.717. The highest BCUT2D eigenvalue weighted by atomic mass is 16.5. The van der Waals surface area contributed by atoms with E-state index in [2.05, 4.69) is 0 Å². The molecule has 1 fully saturated rings. The van der Waals surface area contributed by atoms with Crippen LogP contribution in [0.25, 0.3) is 0 Å². The molecule has 0 saturated carbocycles. The number of nitrogens with zero attached hydrogens (tertiary/aromatic N) is 1. The maximum absolute atomic E-state index is 12.9. The molecule has 0 aromatic heterocycles. The predicted molar refractivity (Wildman–Crippen MR) is 104 cm³/mol. The summed E-state index contributed by atoms with van der Waals surface area (Å²) in [6.45, 7) is 6.58. The average molecular weight is 377 g/mol. The first kappa shape index (κ1) is 21.1. The van der Waals surface area contributed by atoms with Gasteiger partial charge in [-0.25, -0.2) is 0 Å². The van der Waals surface area contributed by atoms with Gasteiger partial charge in [0.25, 0.3) is 5.91 Å². The average Bonchev–Trinajstić information content (AvgIpc) is 2.69. The Hall–Kier alpha value is -2.24. The van der Waals surface area contributed by atoms with Crippen LogP contribution in [-0.2, 0) is 4.79 Å². The Balaban J connectivity index is 2.08. The molecule has 1 aliphatic heterocycles. The highest BCUT2D eigenvalue weighted by Gasteiger charge is 2.25. The molecule has 1 atom stereocenters. The monoisotopic (exact) mass is 377 g/mol. The second-order valence-corrected chi connectivity index (χ2v) is 7.05. The van der Waals surface area contributed by atoms with E-state index < -0.39 is 5.97 Å². The van der Waals surface area contributed by atoms with E-state index in [4.69, 9.17) is 14.6 Å². The lowest BCUT2D eigenvalue weighted by Gasteiger charge is -2.32. The molecular weight excluding hydrogens is 346 g/mol. The Labute approximate surface area is 161 Å². The SMILES string of the molecule is CCCOc1ccc(C(=O)N2CCCC(CCC(=O)O)C2)cc1OCCC. The number of rotatable bonds is 10. The molecule has 6 heteroatoms. The Morgan fingerprint density at radius 3 is 2.52 bits per heavy atom. The molecular formula is C21H31NO5. The van der Waals surface area contributed by atoms with Crippen LogP contribution in [-0.4, -0.2) is 48.2 Å². The maximum Gasteiger partial charge on any atom is 0.303 e. The first-order chi connectivity index (χ1) is 13.0. The van der Waals surface area contributed by atoms with Crippen LogP contribution >= 0.6 is 0 Å². The molecule has 6 nitrogen and oxygen atoms in total. The molecule has 1 amide bonds. The van der Waals surface area contributed by atoms with Crippen molar-refractivity contribution in [2.45, 2.75) is 52.4 Å². The highest BCUT2D eigenvalue weighted by Crippen LogP contribution is 2.30. The minimum atomic E-state index is -0.779. The molecule has 0 spiro atoms. The molecule has 1 saturated heterocycles. The Morgan fingerprint density at radius 2 is 1.85 bits per heavy atom. The van der Waals surface area contributed by atoms with Gasteiger partial charge < -0.3 is 19.5 Å². The van der Waals surface area contributed by atoms with Gasteiger partial charge in [-0.2, -0.15) is 0 Å². The third kappa shape index (κ3) is 6.45. The Kier molecular flexibility index (Phi) is 8.43. The van der Waals surface area contributed by atoms with E-state index >= 15 is 0 Å². The van der Waals surface area contributed by atoms with Crippen molar-refractivity contribution in [3.63, 3.8) is 0 Å². The minimum absolute atomic E-state index is 0.0292. The van der Waals surface area contributed by atoms with Crippen molar-refractivity contribution >= 4 is 11.9 Å². The van der Waals surface area contributed by atoms with Crippen molar-refractivity contribution in [1.82, 2.24) is 4.90 Å². The van der Waals surface area contributed by atoms with E-state index in [1.165, 1.54) is 0 Å². The Bertz CT molecular complexity index is 631. The quantitative estimate of drug-likeness (QED) is 0.667. The molecule has 0 aliphatic carbocycles. The number of carbonyl (C=O) groups excluding carboxylic acids is 1. The molecule has 27 heavy (non-hydrogen) atoms. The molecule has 1 aliphatic rings. The van der Waals surface area contributed by atoms with Crippen molar-refractivity contribution in [2.75, 3.05) is 26.3 Å². The lowest BCUT2D eigenvalue weighted by Crippen LogP contribution is -2.40. The third-order valence-corrected chi connectivity index (χ3v) is 4.69. The number of likely N-dealkylation sites (tertiary alicyclic amines) is 1. The summed E-state index contributed by atoms with van der Waals surface area (Å²) in [5, 5.41) is 8.88. The lowest BCUT2D eigenvalue weighted by atomic mass is 9.93.